The van der Waals surface area contributed by atoms with Crippen molar-refractivity contribution in [1.82, 2.24) is 0 Å². The number of allylic oxidation sites excluding steroid dienone is 1. The van der Waals surface area contributed by atoms with Gasteiger partial charge in [-0.2, -0.15) is 0 Å². The minimum Gasteiger partial charge on any atom is -0.396 e. The van der Waals surface area contributed by atoms with Crippen LogP contribution >= 0.6 is 11.8 Å². The first-order chi connectivity index (χ1) is 9.24. The number of rotatable bonds is 8. The smallest absolute Gasteiger partial charge is 0.0465 e. The van der Waals surface area contributed by atoms with E-state index in [4.69, 9.17) is 5.11 Å². The molecule has 0 saturated heterocycles. The van der Waals surface area contributed by atoms with Gasteiger partial charge in [-0.1, -0.05) is 50.6 Å². The van der Waals surface area contributed by atoms with Gasteiger partial charge in [-0.05, 0) is 42.6 Å². The summed E-state index contributed by atoms with van der Waals surface area (Å²) in [4.78, 5) is 1.40. The zero-order chi connectivity index (χ0) is 14.1. The lowest BCUT2D eigenvalue weighted by molar-refractivity contribution is 0.302. The predicted molar refractivity (Wildman–Crippen MR) is 85.9 cm³/mol. The van der Waals surface area contributed by atoms with E-state index in [9.17, 15) is 0 Å². The van der Waals surface area contributed by atoms with Crippen LogP contribution in [0.3, 0.4) is 0 Å². The molecule has 19 heavy (non-hydrogen) atoms. The third-order valence-corrected chi connectivity index (χ3v) is 4.57. The van der Waals surface area contributed by atoms with Gasteiger partial charge in [0.25, 0.3) is 0 Å². The standard InChI is InChI=1S/C17H26OS/c1-4-15(10-6-5-9-13-18)14(2)16-11-7-8-12-17(16)19-3/h5-8,11-12,14-15,18H,4,9-10,13H2,1-3H3/b6-5-. The predicted octanol–water partition coefficient (Wildman–Crippen LogP) is 4.87. The van der Waals surface area contributed by atoms with Crippen LogP contribution in [0, 0.1) is 5.92 Å². The normalized spacial score (nSPS) is 14.7. The largest absolute Gasteiger partial charge is 0.396 e. The number of hydrogen-bond acceptors (Lipinski definition) is 2. The molecule has 0 spiro atoms. The second-order valence-corrected chi connectivity index (χ2v) is 5.77. The molecule has 0 fully saturated rings. The maximum atomic E-state index is 8.79. The summed E-state index contributed by atoms with van der Waals surface area (Å²) in [6.07, 6.45) is 9.52. The molecule has 0 aromatic heterocycles. The summed E-state index contributed by atoms with van der Waals surface area (Å²) in [5.74, 6) is 1.25. The van der Waals surface area contributed by atoms with Gasteiger partial charge in [0.05, 0.1) is 0 Å². The molecule has 0 bridgehead atoms. The molecule has 0 amide bonds. The molecule has 2 unspecified atom stereocenters. The summed E-state index contributed by atoms with van der Waals surface area (Å²) in [5.41, 5.74) is 1.47. The number of aliphatic hydroxyl groups is 1. The van der Waals surface area contributed by atoms with Crippen molar-refractivity contribution in [2.75, 3.05) is 12.9 Å². The van der Waals surface area contributed by atoms with Crippen molar-refractivity contribution < 1.29 is 5.11 Å². The molecule has 1 aromatic carbocycles. The van der Waals surface area contributed by atoms with Crippen LogP contribution in [0.25, 0.3) is 0 Å². The summed E-state index contributed by atoms with van der Waals surface area (Å²) < 4.78 is 0. The SMILES string of the molecule is CCC(C/C=C\CCO)C(C)c1ccccc1SC. The first-order valence-electron chi connectivity index (χ1n) is 7.13. The molecular formula is C17H26OS. The Balaban J connectivity index is 2.74. The van der Waals surface area contributed by atoms with E-state index >= 15 is 0 Å². The van der Waals surface area contributed by atoms with Crippen LogP contribution in [0.5, 0.6) is 0 Å². The van der Waals surface area contributed by atoms with Crippen molar-refractivity contribution in [2.45, 2.75) is 43.9 Å². The highest BCUT2D eigenvalue weighted by Crippen LogP contribution is 2.34. The van der Waals surface area contributed by atoms with E-state index in [1.165, 1.54) is 16.9 Å². The van der Waals surface area contributed by atoms with E-state index < -0.39 is 0 Å². The van der Waals surface area contributed by atoms with Gasteiger partial charge in [-0.3, -0.25) is 0 Å². The van der Waals surface area contributed by atoms with Crippen LogP contribution in [0.15, 0.2) is 41.3 Å². The van der Waals surface area contributed by atoms with Gasteiger partial charge in [0.1, 0.15) is 0 Å². The van der Waals surface area contributed by atoms with Gasteiger partial charge in [0.2, 0.25) is 0 Å². The Morgan fingerprint density at radius 1 is 1.26 bits per heavy atom. The van der Waals surface area contributed by atoms with E-state index in [2.05, 4.69) is 56.5 Å². The molecule has 2 heteroatoms. The van der Waals surface area contributed by atoms with Crippen LogP contribution in [0.1, 0.15) is 44.6 Å². The van der Waals surface area contributed by atoms with E-state index in [1.54, 1.807) is 0 Å². The van der Waals surface area contributed by atoms with Gasteiger partial charge in [-0.15, -0.1) is 11.8 Å². The van der Waals surface area contributed by atoms with Gasteiger partial charge in [0.15, 0.2) is 0 Å². The monoisotopic (exact) mass is 278 g/mol. The minimum atomic E-state index is 0.248. The molecule has 0 aliphatic rings. The van der Waals surface area contributed by atoms with Gasteiger partial charge >= 0.3 is 0 Å². The van der Waals surface area contributed by atoms with Crippen molar-refractivity contribution in [3.05, 3.63) is 42.0 Å². The fraction of sp³-hybridized carbons (Fsp3) is 0.529. The molecule has 1 N–H and O–H groups in total. The Kier molecular flexibility index (Phi) is 7.92. The Labute approximate surface area is 122 Å². The Hall–Kier alpha value is -0.730. The molecule has 106 valence electrons. The van der Waals surface area contributed by atoms with Gasteiger partial charge in [-0.25, -0.2) is 0 Å². The highest BCUT2D eigenvalue weighted by Gasteiger charge is 2.18. The minimum absolute atomic E-state index is 0.248. The van der Waals surface area contributed by atoms with E-state index in [1.807, 2.05) is 11.8 Å². The Morgan fingerprint density at radius 3 is 2.63 bits per heavy atom. The van der Waals surface area contributed by atoms with Crippen molar-refractivity contribution in [3.8, 4) is 0 Å². The Morgan fingerprint density at radius 2 is 2.00 bits per heavy atom. The van der Waals surface area contributed by atoms with Crippen molar-refractivity contribution >= 4 is 11.8 Å². The molecule has 0 saturated carbocycles. The zero-order valence-corrected chi connectivity index (χ0v) is 13.1. The molecule has 0 heterocycles. The van der Waals surface area contributed by atoms with Crippen LogP contribution < -0.4 is 0 Å². The summed E-state index contributed by atoms with van der Waals surface area (Å²) >= 11 is 1.83. The third-order valence-electron chi connectivity index (χ3n) is 3.76. The molecule has 0 aliphatic carbocycles. The number of benzene rings is 1. The third kappa shape index (κ3) is 5.04. The Bertz CT molecular complexity index is 387. The van der Waals surface area contributed by atoms with Crippen molar-refractivity contribution in [3.63, 3.8) is 0 Å². The van der Waals surface area contributed by atoms with Gasteiger partial charge < -0.3 is 5.11 Å². The second-order valence-electron chi connectivity index (χ2n) is 4.92. The second kappa shape index (κ2) is 9.22. The van der Waals surface area contributed by atoms with Crippen LogP contribution in [0.2, 0.25) is 0 Å². The number of aliphatic hydroxyl groups excluding tert-OH is 1. The lowest BCUT2D eigenvalue weighted by Gasteiger charge is -2.23. The average molecular weight is 278 g/mol. The van der Waals surface area contributed by atoms with Crippen molar-refractivity contribution in [2.24, 2.45) is 5.92 Å². The maximum Gasteiger partial charge on any atom is 0.0465 e. The quantitative estimate of drug-likeness (QED) is 0.541. The number of thioether (sulfide) groups is 1. The van der Waals surface area contributed by atoms with Crippen LogP contribution in [-0.2, 0) is 0 Å². The first-order valence-corrected chi connectivity index (χ1v) is 8.35. The summed E-state index contributed by atoms with van der Waals surface area (Å²) in [7, 11) is 0. The van der Waals surface area contributed by atoms with Gasteiger partial charge in [0, 0.05) is 11.5 Å². The average Bonchev–Trinajstić information content (AvgIpc) is 2.46. The van der Waals surface area contributed by atoms with E-state index in [-0.39, 0.29) is 6.61 Å². The molecule has 0 aliphatic heterocycles. The summed E-state index contributed by atoms with van der Waals surface area (Å²) in [6.45, 7) is 4.85. The molecular weight excluding hydrogens is 252 g/mol. The van der Waals surface area contributed by atoms with Crippen molar-refractivity contribution in [1.29, 1.82) is 0 Å². The highest BCUT2D eigenvalue weighted by atomic mass is 32.2. The fourth-order valence-electron chi connectivity index (χ4n) is 2.48. The summed E-state index contributed by atoms with van der Waals surface area (Å²) in [5, 5.41) is 8.79. The van der Waals surface area contributed by atoms with Crippen LogP contribution in [-0.4, -0.2) is 18.0 Å². The topological polar surface area (TPSA) is 20.2 Å². The highest BCUT2D eigenvalue weighted by molar-refractivity contribution is 7.98. The number of hydrogen-bond donors (Lipinski definition) is 1. The van der Waals surface area contributed by atoms with E-state index in [0.29, 0.717) is 11.8 Å². The fourth-order valence-corrected chi connectivity index (χ4v) is 3.19. The maximum absolute atomic E-state index is 8.79. The molecule has 1 rings (SSSR count). The zero-order valence-electron chi connectivity index (χ0n) is 12.3. The summed E-state index contributed by atoms with van der Waals surface area (Å²) in [6, 6.07) is 8.73. The van der Waals surface area contributed by atoms with Crippen LogP contribution in [0.4, 0.5) is 0 Å². The first kappa shape index (κ1) is 16.3. The van der Waals surface area contributed by atoms with E-state index in [0.717, 1.165) is 12.8 Å². The molecule has 1 nitrogen and oxygen atoms in total. The lowest BCUT2D eigenvalue weighted by atomic mass is 9.83. The lowest BCUT2D eigenvalue weighted by Crippen LogP contribution is -2.09. The molecule has 0 radical (unpaired) electrons. The molecule has 1 aromatic rings. The molecule has 2 atom stereocenters.